The van der Waals surface area contributed by atoms with Crippen LogP contribution in [-0.2, 0) is 19.3 Å². The van der Waals surface area contributed by atoms with Gasteiger partial charge in [0, 0.05) is 0 Å². The second kappa shape index (κ2) is 8.67. The molecule has 0 aromatic heterocycles. The molecule has 0 amide bonds. The molecule has 3 heteroatoms. The van der Waals surface area contributed by atoms with Gasteiger partial charge in [-0.05, 0) is 76.8 Å². The lowest BCUT2D eigenvalue weighted by Crippen LogP contribution is -2.05. The summed E-state index contributed by atoms with van der Waals surface area (Å²) in [6.45, 7) is 2.24. The second-order valence-corrected chi connectivity index (χ2v) is 8.31. The fraction of sp³-hybridized carbons (Fsp3) is 0.308. The summed E-state index contributed by atoms with van der Waals surface area (Å²) in [5.41, 5.74) is 7.89. The molecule has 0 radical (unpaired) electrons. The van der Waals surface area contributed by atoms with Gasteiger partial charge in [-0.15, -0.1) is 0 Å². The number of unbranched alkanes of at least 4 members (excludes halogenated alkanes) is 3. The predicted octanol–water partition coefficient (Wildman–Crippen LogP) is 8.17. The minimum absolute atomic E-state index is 0.453. The van der Waals surface area contributed by atoms with Gasteiger partial charge < -0.3 is 0 Å². The SMILES string of the molecule is CCCCCCc1ccc2c(c1)CCc1cc(-c3cc(F)c(Cl)c(F)c3)ccc1-2. The average molecular weight is 411 g/mol. The van der Waals surface area contributed by atoms with Gasteiger partial charge >= 0.3 is 0 Å². The molecule has 0 heterocycles. The van der Waals surface area contributed by atoms with Crippen molar-refractivity contribution in [3.8, 4) is 22.3 Å². The van der Waals surface area contributed by atoms with Gasteiger partial charge in [0.1, 0.15) is 16.7 Å². The first-order valence-corrected chi connectivity index (χ1v) is 10.8. The first kappa shape index (κ1) is 20.1. The minimum Gasteiger partial charge on any atom is -0.205 e. The summed E-state index contributed by atoms with van der Waals surface area (Å²) in [6.07, 6.45) is 8.20. The molecule has 0 aliphatic heterocycles. The molecule has 3 aromatic carbocycles. The summed E-state index contributed by atoms with van der Waals surface area (Å²) in [6, 6.07) is 15.5. The molecule has 1 aliphatic carbocycles. The maximum atomic E-state index is 13.9. The minimum atomic E-state index is -0.726. The lowest BCUT2D eigenvalue weighted by atomic mass is 9.83. The van der Waals surface area contributed by atoms with Crippen LogP contribution in [0.5, 0.6) is 0 Å². The fourth-order valence-corrected chi connectivity index (χ4v) is 4.37. The van der Waals surface area contributed by atoms with Crippen LogP contribution >= 0.6 is 11.6 Å². The molecule has 0 bridgehead atoms. The highest BCUT2D eigenvalue weighted by Gasteiger charge is 2.18. The van der Waals surface area contributed by atoms with E-state index in [0.29, 0.717) is 5.56 Å². The van der Waals surface area contributed by atoms with Crippen LogP contribution in [-0.4, -0.2) is 0 Å². The van der Waals surface area contributed by atoms with Crippen LogP contribution in [0.2, 0.25) is 5.02 Å². The van der Waals surface area contributed by atoms with Crippen molar-refractivity contribution in [1.82, 2.24) is 0 Å². The van der Waals surface area contributed by atoms with Gasteiger partial charge in [-0.1, -0.05) is 74.2 Å². The zero-order valence-electron chi connectivity index (χ0n) is 16.7. The van der Waals surface area contributed by atoms with E-state index in [1.54, 1.807) is 0 Å². The number of hydrogen-bond donors (Lipinski definition) is 0. The van der Waals surface area contributed by atoms with Crippen molar-refractivity contribution in [1.29, 1.82) is 0 Å². The van der Waals surface area contributed by atoms with Gasteiger partial charge in [-0.2, -0.15) is 0 Å². The van der Waals surface area contributed by atoms with Crippen molar-refractivity contribution in [3.05, 3.63) is 81.9 Å². The molecule has 3 aromatic rings. The monoisotopic (exact) mass is 410 g/mol. The molecule has 0 nitrogen and oxygen atoms in total. The zero-order chi connectivity index (χ0) is 20.4. The quantitative estimate of drug-likeness (QED) is 0.284. The lowest BCUT2D eigenvalue weighted by Gasteiger charge is -2.22. The first-order valence-electron chi connectivity index (χ1n) is 10.5. The molecular weight excluding hydrogens is 386 g/mol. The van der Waals surface area contributed by atoms with Crippen molar-refractivity contribution in [2.24, 2.45) is 0 Å². The number of halogens is 3. The summed E-state index contributed by atoms with van der Waals surface area (Å²) in [7, 11) is 0. The van der Waals surface area contributed by atoms with Gasteiger partial charge in [0.05, 0.1) is 0 Å². The van der Waals surface area contributed by atoms with Gasteiger partial charge in [-0.3, -0.25) is 0 Å². The molecular formula is C26H25ClF2. The standard InChI is InChI=1S/C26H25ClF2/c1-2-3-4-5-6-17-7-11-22-19(13-17)8-9-20-14-18(10-12-23(20)22)21-15-24(28)26(27)25(29)16-21/h7,10-16H,2-6,8-9H2,1H3. The first-order chi connectivity index (χ1) is 14.1. The second-order valence-electron chi connectivity index (χ2n) is 7.93. The van der Waals surface area contributed by atoms with Gasteiger partial charge in [-0.25, -0.2) is 8.78 Å². The van der Waals surface area contributed by atoms with E-state index >= 15 is 0 Å². The Hall–Kier alpha value is -2.19. The molecule has 4 rings (SSSR count). The van der Waals surface area contributed by atoms with Crippen molar-refractivity contribution in [2.75, 3.05) is 0 Å². The summed E-state index contributed by atoms with van der Waals surface area (Å²) in [5, 5.41) is -0.453. The third kappa shape index (κ3) is 4.23. The van der Waals surface area contributed by atoms with Crippen LogP contribution in [0.3, 0.4) is 0 Å². The van der Waals surface area contributed by atoms with Gasteiger partial charge in [0.15, 0.2) is 0 Å². The van der Waals surface area contributed by atoms with Crippen molar-refractivity contribution >= 4 is 11.6 Å². The van der Waals surface area contributed by atoms with Gasteiger partial charge in [0.25, 0.3) is 0 Å². The molecule has 150 valence electrons. The smallest absolute Gasteiger partial charge is 0.145 e. The maximum absolute atomic E-state index is 13.9. The van der Waals surface area contributed by atoms with Crippen molar-refractivity contribution in [2.45, 2.75) is 51.9 Å². The van der Waals surface area contributed by atoms with Crippen molar-refractivity contribution < 1.29 is 8.78 Å². The van der Waals surface area contributed by atoms with E-state index in [1.165, 1.54) is 65.6 Å². The van der Waals surface area contributed by atoms with E-state index < -0.39 is 16.7 Å². The zero-order valence-corrected chi connectivity index (χ0v) is 17.5. The Morgan fingerprint density at radius 3 is 2.10 bits per heavy atom. The number of rotatable bonds is 6. The topological polar surface area (TPSA) is 0 Å². The van der Waals surface area contributed by atoms with Crippen LogP contribution in [0.15, 0.2) is 48.5 Å². The largest absolute Gasteiger partial charge is 0.205 e. The third-order valence-corrected chi connectivity index (χ3v) is 6.23. The molecule has 1 aliphatic rings. The third-order valence-electron chi connectivity index (χ3n) is 5.86. The summed E-state index contributed by atoms with van der Waals surface area (Å²) in [5.74, 6) is -1.45. The fourth-order valence-electron chi connectivity index (χ4n) is 4.26. The van der Waals surface area contributed by atoms with E-state index in [0.717, 1.165) is 24.8 Å². The summed E-state index contributed by atoms with van der Waals surface area (Å²) in [4.78, 5) is 0. The Morgan fingerprint density at radius 1 is 0.759 bits per heavy atom. The maximum Gasteiger partial charge on any atom is 0.145 e. The molecule has 0 N–H and O–H groups in total. The van der Waals surface area contributed by atoms with E-state index in [-0.39, 0.29) is 0 Å². The Labute approximate surface area is 176 Å². The summed E-state index contributed by atoms with van der Waals surface area (Å²) >= 11 is 5.62. The Balaban J connectivity index is 1.60. The molecule has 0 saturated heterocycles. The normalized spacial score (nSPS) is 12.6. The highest BCUT2D eigenvalue weighted by Crippen LogP contribution is 2.37. The van der Waals surface area contributed by atoms with Crippen molar-refractivity contribution in [3.63, 3.8) is 0 Å². The number of fused-ring (bicyclic) bond motifs is 3. The molecule has 0 atom stereocenters. The highest BCUT2D eigenvalue weighted by molar-refractivity contribution is 6.31. The van der Waals surface area contributed by atoms with Crippen LogP contribution in [0.4, 0.5) is 8.78 Å². The van der Waals surface area contributed by atoms with E-state index in [1.807, 2.05) is 6.07 Å². The van der Waals surface area contributed by atoms with Gasteiger partial charge in [0.2, 0.25) is 0 Å². The molecule has 0 spiro atoms. The highest BCUT2D eigenvalue weighted by atomic mass is 35.5. The van der Waals surface area contributed by atoms with E-state index in [4.69, 9.17) is 11.6 Å². The van der Waals surface area contributed by atoms with E-state index in [9.17, 15) is 8.78 Å². The Morgan fingerprint density at radius 2 is 1.41 bits per heavy atom. The lowest BCUT2D eigenvalue weighted by molar-refractivity contribution is 0.585. The van der Waals surface area contributed by atoms with E-state index in [2.05, 4.69) is 37.3 Å². The molecule has 0 unspecified atom stereocenters. The Kier molecular flexibility index (Phi) is 6.01. The summed E-state index contributed by atoms with van der Waals surface area (Å²) < 4.78 is 27.7. The molecule has 29 heavy (non-hydrogen) atoms. The van der Waals surface area contributed by atoms with Crippen LogP contribution in [0.25, 0.3) is 22.3 Å². The Bertz CT molecular complexity index is 1020. The average Bonchev–Trinajstić information content (AvgIpc) is 2.74. The molecule has 0 fully saturated rings. The predicted molar refractivity (Wildman–Crippen MR) is 117 cm³/mol. The van der Waals surface area contributed by atoms with Crippen LogP contribution in [0, 0.1) is 11.6 Å². The molecule has 0 saturated carbocycles. The number of hydrogen-bond acceptors (Lipinski definition) is 0. The number of benzene rings is 3. The van der Waals surface area contributed by atoms with Crippen LogP contribution in [0.1, 0.15) is 49.3 Å². The van der Waals surface area contributed by atoms with Crippen LogP contribution < -0.4 is 0 Å². The number of aryl methyl sites for hydroxylation is 3.